The Hall–Kier alpha value is -4.94. The van der Waals surface area contributed by atoms with Crippen LogP contribution in [0.1, 0.15) is 40.8 Å². The number of rotatable bonds is 6. The fraction of sp³-hybridized carbons (Fsp3) is 0.172. The Balaban J connectivity index is 1.27. The Morgan fingerprint density at radius 1 is 1.12 bits per heavy atom. The molecule has 2 aromatic heterocycles. The maximum Gasteiger partial charge on any atom is 0.240 e. The van der Waals surface area contributed by atoms with E-state index < -0.39 is 5.41 Å². The Morgan fingerprint density at radius 3 is 2.69 bits per heavy atom. The monoisotopic (exact) mass is 582 g/mol. The summed E-state index contributed by atoms with van der Waals surface area (Å²) in [5, 5.41) is 19.3. The minimum atomic E-state index is -1.12. The summed E-state index contributed by atoms with van der Waals surface area (Å²) in [6.45, 7) is 2.00. The summed E-state index contributed by atoms with van der Waals surface area (Å²) in [5.74, 6) is 0.764. The molecule has 0 saturated heterocycles. The summed E-state index contributed by atoms with van der Waals surface area (Å²) in [6.07, 6.45) is 6.01. The van der Waals surface area contributed by atoms with Crippen LogP contribution in [0.15, 0.2) is 77.4 Å². The molecule has 0 radical (unpaired) electrons. The van der Waals surface area contributed by atoms with E-state index in [0.717, 1.165) is 16.7 Å². The van der Waals surface area contributed by atoms with Crippen molar-refractivity contribution in [1.82, 2.24) is 41.0 Å². The zero-order valence-electron chi connectivity index (χ0n) is 22.3. The van der Waals surface area contributed by atoms with Crippen LogP contribution in [-0.4, -0.2) is 47.6 Å². The van der Waals surface area contributed by atoms with Gasteiger partial charge in [-0.25, -0.2) is 19.8 Å². The van der Waals surface area contributed by atoms with Crippen LogP contribution in [0.5, 0.6) is 0 Å². The van der Waals surface area contributed by atoms with Gasteiger partial charge in [0.1, 0.15) is 28.6 Å². The lowest BCUT2D eigenvalue weighted by Crippen LogP contribution is -2.36. The topological polar surface area (TPSA) is 151 Å². The van der Waals surface area contributed by atoms with Crippen LogP contribution in [-0.2, 0) is 23.2 Å². The van der Waals surface area contributed by atoms with E-state index in [1.807, 2.05) is 36.4 Å². The number of aromatic nitrogens is 6. The number of nitrogens with zero attached hydrogens (tertiary/aromatic N) is 6. The standard InChI is InChI=1S/C29H24ClFN10O/c1-29(17-8-6-15(7-9-17)12-22-36-39-40-37-22)23-25(32)33-27(34-26(23)35-28(29)42)24-19-11-10-18(30)13-21(19)38-41(24)14-16-4-2-3-5-20(16)31/h2-11,13,21,38H,12,14H2,1H3,(H,36,37,39,40)(H3,32,33,34,35,42). The second-order valence-corrected chi connectivity index (χ2v) is 10.8. The molecule has 1 aliphatic carbocycles. The fourth-order valence-electron chi connectivity index (χ4n) is 5.66. The van der Waals surface area contributed by atoms with Crippen molar-refractivity contribution in [3.8, 4) is 0 Å². The van der Waals surface area contributed by atoms with E-state index in [1.165, 1.54) is 6.07 Å². The number of H-pyrrole nitrogens is 1. The zero-order chi connectivity index (χ0) is 29.0. The van der Waals surface area contributed by atoms with Gasteiger partial charge in [0.2, 0.25) is 5.91 Å². The number of halogens is 2. The normalized spacial score (nSPS) is 20.9. The molecule has 2 aromatic carbocycles. The predicted molar refractivity (Wildman–Crippen MR) is 154 cm³/mol. The van der Waals surface area contributed by atoms with Gasteiger partial charge in [0.25, 0.3) is 0 Å². The average Bonchev–Trinajstić information content (AvgIpc) is 3.67. The first-order valence-corrected chi connectivity index (χ1v) is 13.6. The predicted octanol–water partition coefficient (Wildman–Crippen LogP) is 3.35. The summed E-state index contributed by atoms with van der Waals surface area (Å²) in [4.78, 5) is 23.0. The number of fused-ring (bicyclic) bond motifs is 2. The number of nitrogen functional groups attached to an aromatic ring is 1. The summed E-state index contributed by atoms with van der Waals surface area (Å²) >= 11 is 6.29. The fourth-order valence-corrected chi connectivity index (χ4v) is 5.84. The molecule has 4 heterocycles. The van der Waals surface area contributed by atoms with Crippen molar-refractivity contribution in [3.05, 3.63) is 117 Å². The van der Waals surface area contributed by atoms with E-state index in [0.29, 0.717) is 45.7 Å². The lowest BCUT2D eigenvalue weighted by molar-refractivity contribution is -0.119. The number of aromatic amines is 1. The number of carbonyl (C=O) groups is 1. The molecule has 0 bridgehead atoms. The van der Waals surface area contributed by atoms with E-state index in [2.05, 4.69) is 31.4 Å². The summed E-state index contributed by atoms with van der Waals surface area (Å²) in [7, 11) is 0. The molecule has 0 fully saturated rings. The van der Waals surface area contributed by atoms with E-state index in [1.54, 1.807) is 36.2 Å². The van der Waals surface area contributed by atoms with Crippen LogP contribution in [0.3, 0.4) is 0 Å². The van der Waals surface area contributed by atoms with Crippen molar-refractivity contribution in [3.63, 3.8) is 0 Å². The van der Waals surface area contributed by atoms with Crippen molar-refractivity contribution < 1.29 is 9.18 Å². The van der Waals surface area contributed by atoms with Gasteiger partial charge in [-0.05, 0) is 36.3 Å². The van der Waals surface area contributed by atoms with Crippen LogP contribution in [0.25, 0.3) is 5.70 Å². The SMILES string of the molecule is CC1(c2ccc(Cc3nn[nH]n3)cc2)C(=O)Nc2nc(C3=C4C=CC(Cl)=CC4NN3Cc3ccccc3F)nc(N)c21. The third-order valence-electron chi connectivity index (χ3n) is 7.83. The molecule has 2 atom stereocenters. The quantitative estimate of drug-likeness (QED) is 0.268. The van der Waals surface area contributed by atoms with E-state index in [-0.39, 0.29) is 30.1 Å². The summed E-state index contributed by atoms with van der Waals surface area (Å²) in [6, 6.07) is 13.9. The molecular weight excluding hydrogens is 559 g/mol. The van der Waals surface area contributed by atoms with Gasteiger partial charge < -0.3 is 11.1 Å². The molecule has 1 amide bonds. The van der Waals surface area contributed by atoms with Crippen LogP contribution >= 0.6 is 11.6 Å². The number of nitrogens with one attached hydrogen (secondary N) is 3. The molecule has 42 heavy (non-hydrogen) atoms. The molecule has 13 heteroatoms. The largest absolute Gasteiger partial charge is 0.383 e. The lowest BCUT2D eigenvalue weighted by atomic mass is 9.77. The number of carbonyl (C=O) groups excluding carboxylic acids is 1. The average molecular weight is 583 g/mol. The van der Waals surface area contributed by atoms with Crippen LogP contribution < -0.4 is 16.5 Å². The van der Waals surface area contributed by atoms with Crippen LogP contribution in [0.4, 0.5) is 16.0 Å². The zero-order valence-corrected chi connectivity index (χ0v) is 23.0. The number of tetrazole rings is 1. The highest BCUT2D eigenvalue weighted by Gasteiger charge is 2.48. The summed E-state index contributed by atoms with van der Waals surface area (Å²) in [5.41, 5.74) is 13.0. The van der Waals surface area contributed by atoms with E-state index >= 15 is 0 Å². The number of benzene rings is 2. The minimum absolute atomic E-state index is 0.169. The number of hydrazine groups is 1. The molecule has 0 saturated carbocycles. The van der Waals surface area contributed by atoms with E-state index in [9.17, 15) is 9.18 Å². The highest BCUT2D eigenvalue weighted by molar-refractivity contribution is 6.31. The van der Waals surface area contributed by atoms with Crippen molar-refractivity contribution in [2.45, 2.75) is 31.3 Å². The van der Waals surface area contributed by atoms with Gasteiger partial charge in [-0.1, -0.05) is 65.4 Å². The summed E-state index contributed by atoms with van der Waals surface area (Å²) < 4.78 is 14.6. The molecule has 4 aromatic rings. The molecule has 0 spiro atoms. The minimum Gasteiger partial charge on any atom is -0.383 e. The van der Waals surface area contributed by atoms with Crippen molar-refractivity contribution in [1.29, 1.82) is 0 Å². The lowest BCUT2D eigenvalue weighted by Gasteiger charge is -2.25. The second-order valence-electron chi connectivity index (χ2n) is 10.4. The molecule has 11 nitrogen and oxygen atoms in total. The molecule has 7 rings (SSSR count). The highest BCUT2D eigenvalue weighted by Crippen LogP contribution is 2.45. The first-order chi connectivity index (χ1) is 20.3. The maximum absolute atomic E-state index is 14.6. The molecule has 2 unspecified atom stereocenters. The van der Waals surface area contributed by atoms with Crippen LogP contribution in [0.2, 0.25) is 0 Å². The number of amides is 1. The highest BCUT2D eigenvalue weighted by atomic mass is 35.5. The van der Waals surface area contributed by atoms with Gasteiger partial charge in [0.05, 0.1) is 18.2 Å². The van der Waals surface area contributed by atoms with Crippen molar-refractivity contribution >= 4 is 34.8 Å². The number of hydrogen-bond acceptors (Lipinski definition) is 9. The Labute approximate surface area is 244 Å². The smallest absolute Gasteiger partial charge is 0.240 e. The van der Waals surface area contributed by atoms with Gasteiger partial charge in [0.15, 0.2) is 11.6 Å². The maximum atomic E-state index is 14.6. The number of nitrogens with two attached hydrogens (primary N) is 1. The number of allylic oxidation sites excluding steroid dienone is 2. The second kappa shape index (κ2) is 9.86. The van der Waals surface area contributed by atoms with Crippen LogP contribution in [0, 0.1) is 5.82 Å². The number of hydrogen-bond donors (Lipinski definition) is 4. The molecule has 3 aliphatic rings. The molecule has 5 N–H and O–H groups in total. The van der Waals surface area contributed by atoms with E-state index in [4.69, 9.17) is 27.3 Å². The van der Waals surface area contributed by atoms with Gasteiger partial charge in [-0.2, -0.15) is 5.21 Å². The Morgan fingerprint density at radius 2 is 1.93 bits per heavy atom. The molecular formula is C29H24ClFN10O. The van der Waals surface area contributed by atoms with Crippen molar-refractivity contribution in [2.75, 3.05) is 11.1 Å². The third-order valence-corrected chi connectivity index (χ3v) is 8.08. The van der Waals surface area contributed by atoms with Gasteiger partial charge >= 0.3 is 0 Å². The number of anilines is 2. The Bertz CT molecular complexity index is 1820. The van der Waals surface area contributed by atoms with Gasteiger partial charge in [0, 0.05) is 22.6 Å². The molecule has 2 aliphatic heterocycles. The van der Waals surface area contributed by atoms with Crippen molar-refractivity contribution in [2.24, 2.45) is 0 Å². The van der Waals surface area contributed by atoms with Gasteiger partial charge in [-0.15, -0.1) is 10.2 Å². The first-order valence-electron chi connectivity index (χ1n) is 13.2. The third kappa shape index (κ3) is 4.23. The molecule has 210 valence electrons. The van der Waals surface area contributed by atoms with Gasteiger partial charge in [-0.3, -0.25) is 9.80 Å². The first kappa shape index (κ1) is 26.0. The Kier molecular flexibility index (Phi) is 6.10.